The highest BCUT2D eigenvalue weighted by molar-refractivity contribution is 6.23. The summed E-state index contributed by atoms with van der Waals surface area (Å²) in [4.78, 5) is 40.7. The molecule has 25 heavy (non-hydrogen) atoms. The molecule has 1 aliphatic carbocycles. The fraction of sp³-hybridized carbons (Fsp3) is 0.526. The Morgan fingerprint density at radius 1 is 1.20 bits per heavy atom. The summed E-state index contributed by atoms with van der Waals surface area (Å²) in [6.45, 7) is 4.39. The third kappa shape index (κ3) is 3.52. The Morgan fingerprint density at radius 2 is 1.88 bits per heavy atom. The third-order valence-electron chi connectivity index (χ3n) is 4.56. The second-order valence-electron chi connectivity index (χ2n) is 6.50. The molecular formula is C19H24N2O4. The van der Waals surface area contributed by atoms with Gasteiger partial charge in [0.15, 0.2) is 0 Å². The number of carbonyl (C=O) groups is 3. The predicted molar refractivity (Wildman–Crippen MR) is 93.3 cm³/mol. The number of nitrogens with zero attached hydrogens (tertiary/aromatic N) is 2. The summed E-state index contributed by atoms with van der Waals surface area (Å²) in [5.41, 5.74) is 0.527. The molecule has 1 heterocycles. The minimum Gasteiger partial charge on any atom is -0.494 e. The van der Waals surface area contributed by atoms with E-state index in [1.807, 2.05) is 13.8 Å². The highest BCUT2D eigenvalue weighted by atomic mass is 16.5. The molecule has 1 saturated carbocycles. The van der Waals surface area contributed by atoms with Crippen LogP contribution < -0.4 is 9.64 Å². The fourth-order valence-corrected chi connectivity index (χ4v) is 3.29. The Bertz CT molecular complexity index is 667. The van der Waals surface area contributed by atoms with Crippen molar-refractivity contribution < 1.29 is 19.1 Å². The van der Waals surface area contributed by atoms with Crippen molar-refractivity contribution in [2.45, 2.75) is 58.0 Å². The molecule has 3 amide bonds. The SMILES string of the molecule is CCCC(=O)N(C1CC1)C1CC(=O)N(c2ccc(OCC)cc2)C1=O. The number of amides is 3. The molecule has 134 valence electrons. The first-order valence-electron chi connectivity index (χ1n) is 8.97. The number of rotatable bonds is 7. The molecule has 6 nitrogen and oxygen atoms in total. The van der Waals surface area contributed by atoms with Crippen LogP contribution in [0.4, 0.5) is 5.69 Å². The Labute approximate surface area is 147 Å². The van der Waals surface area contributed by atoms with Crippen molar-refractivity contribution in [1.82, 2.24) is 4.90 Å². The summed E-state index contributed by atoms with van der Waals surface area (Å²) in [7, 11) is 0. The lowest BCUT2D eigenvalue weighted by Gasteiger charge is -2.27. The fourth-order valence-electron chi connectivity index (χ4n) is 3.29. The normalized spacial score (nSPS) is 20.1. The molecule has 0 radical (unpaired) electrons. The Balaban J connectivity index is 1.80. The van der Waals surface area contributed by atoms with Gasteiger partial charge in [-0.3, -0.25) is 14.4 Å². The zero-order chi connectivity index (χ0) is 18.0. The Kier molecular flexibility index (Phi) is 5.06. The lowest BCUT2D eigenvalue weighted by atomic mass is 10.1. The van der Waals surface area contributed by atoms with Gasteiger partial charge in [-0.2, -0.15) is 0 Å². The molecule has 1 saturated heterocycles. The van der Waals surface area contributed by atoms with Crippen molar-refractivity contribution >= 4 is 23.4 Å². The quantitative estimate of drug-likeness (QED) is 0.713. The zero-order valence-electron chi connectivity index (χ0n) is 14.7. The van der Waals surface area contributed by atoms with Gasteiger partial charge in [0, 0.05) is 12.5 Å². The van der Waals surface area contributed by atoms with Crippen LogP contribution in [0.1, 0.15) is 46.0 Å². The molecule has 0 bridgehead atoms. The largest absolute Gasteiger partial charge is 0.494 e. The van der Waals surface area contributed by atoms with Gasteiger partial charge in [-0.05, 0) is 50.5 Å². The van der Waals surface area contributed by atoms with Gasteiger partial charge in [0.2, 0.25) is 11.8 Å². The Hall–Kier alpha value is -2.37. The zero-order valence-corrected chi connectivity index (χ0v) is 14.7. The number of hydrogen-bond donors (Lipinski definition) is 0. The van der Waals surface area contributed by atoms with Crippen LogP contribution >= 0.6 is 0 Å². The van der Waals surface area contributed by atoms with Crippen LogP contribution in [0.3, 0.4) is 0 Å². The standard InChI is InChI=1S/C19H24N2O4/c1-3-5-17(22)20(13-6-7-13)16-12-18(23)21(19(16)24)14-8-10-15(11-9-14)25-4-2/h8-11,13,16H,3-7,12H2,1-2H3. The number of imide groups is 1. The van der Waals surface area contributed by atoms with Gasteiger partial charge in [0.05, 0.1) is 18.7 Å². The van der Waals surface area contributed by atoms with Crippen molar-refractivity contribution in [1.29, 1.82) is 0 Å². The lowest BCUT2D eigenvalue weighted by Crippen LogP contribution is -2.46. The highest BCUT2D eigenvalue weighted by Crippen LogP contribution is 2.35. The third-order valence-corrected chi connectivity index (χ3v) is 4.56. The van der Waals surface area contributed by atoms with E-state index >= 15 is 0 Å². The summed E-state index contributed by atoms with van der Waals surface area (Å²) < 4.78 is 5.39. The van der Waals surface area contributed by atoms with Gasteiger partial charge < -0.3 is 9.64 Å². The first-order valence-corrected chi connectivity index (χ1v) is 8.97. The minimum atomic E-state index is -0.661. The molecule has 2 aliphatic rings. The minimum absolute atomic E-state index is 0.0234. The summed E-state index contributed by atoms with van der Waals surface area (Å²) in [5, 5.41) is 0. The average molecular weight is 344 g/mol. The molecule has 0 aromatic heterocycles. The van der Waals surface area contributed by atoms with Crippen LogP contribution in [0.5, 0.6) is 5.75 Å². The maximum absolute atomic E-state index is 12.9. The highest BCUT2D eigenvalue weighted by Gasteiger charge is 2.48. The molecule has 0 spiro atoms. The van der Waals surface area contributed by atoms with Crippen LogP contribution in [0.15, 0.2) is 24.3 Å². The van der Waals surface area contributed by atoms with E-state index < -0.39 is 6.04 Å². The molecule has 1 unspecified atom stereocenters. The maximum Gasteiger partial charge on any atom is 0.257 e. The van der Waals surface area contributed by atoms with Crippen molar-refractivity contribution in [3.63, 3.8) is 0 Å². The van der Waals surface area contributed by atoms with Crippen molar-refractivity contribution in [2.75, 3.05) is 11.5 Å². The number of anilines is 1. The van der Waals surface area contributed by atoms with E-state index in [1.54, 1.807) is 29.2 Å². The van der Waals surface area contributed by atoms with Gasteiger partial charge in [-0.25, -0.2) is 4.90 Å². The maximum atomic E-state index is 12.9. The second kappa shape index (κ2) is 7.25. The summed E-state index contributed by atoms with van der Waals surface area (Å²) in [6.07, 6.45) is 3.04. The smallest absolute Gasteiger partial charge is 0.257 e. The van der Waals surface area contributed by atoms with E-state index in [0.717, 1.165) is 19.3 Å². The first kappa shape index (κ1) is 17.5. The van der Waals surface area contributed by atoms with Gasteiger partial charge >= 0.3 is 0 Å². The van der Waals surface area contributed by atoms with Crippen LogP contribution in [0.25, 0.3) is 0 Å². The van der Waals surface area contributed by atoms with Crippen molar-refractivity contribution in [3.8, 4) is 5.75 Å². The number of benzene rings is 1. The van der Waals surface area contributed by atoms with Crippen molar-refractivity contribution in [3.05, 3.63) is 24.3 Å². The van der Waals surface area contributed by atoms with E-state index in [0.29, 0.717) is 24.5 Å². The van der Waals surface area contributed by atoms with E-state index in [1.165, 1.54) is 4.90 Å². The van der Waals surface area contributed by atoms with Gasteiger partial charge in [-0.1, -0.05) is 6.92 Å². The lowest BCUT2D eigenvalue weighted by molar-refractivity contribution is -0.139. The van der Waals surface area contributed by atoms with Gasteiger partial charge in [0.1, 0.15) is 11.8 Å². The van der Waals surface area contributed by atoms with E-state index in [4.69, 9.17) is 4.74 Å². The van der Waals surface area contributed by atoms with Crippen LogP contribution in [0.2, 0.25) is 0 Å². The molecule has 3 rings (SSSR count). The molecule has 1 aromatic carbocycles. The number of carbonyl (C=O) groups excluding carboxylic acids is 3. The van der Waals surface area contributed by atoms with E-state index in [9.17, 15) is 14.4 Å². The summed E-state index contributed by atoms with van der Waals surface area (Å²) >= 11 is 0. The molecule has 0 N–H and O–H groups in total. The van der Waals surface area contributed by atoms with Crippen molar-refractivity contribution in [2.24, 2.45) is 0 Å². The van der Waals surface area contributed by atoms with Gasteiger partial charge in [0.25, 0.3) is 5.91 Å². The van der Waals surface area contributed by atoms with Crippen LogP contribution in [-0.2, 0) is 14.4 Å². The van der Waals surface area contributed by atoms with Crippen LogP contribution in [0, 0.1) is 0 Å². The molecular weight excluding hydrogens is 320 g/mol. The van der Waals surface area contributed by atoms with Crippen LogP contribution in [-0.4, -0.2) is 41.3 Å². The molecule has 2 fully saturated rings. The average Bonchev–Trinajstić information content (AvgIpc) is 3.36. The van der Waals surface area contributed by atoms with Gasteiger partial charge in [-0.15, -0.1) is 0 Å². The van der Waals surface area contributed by atoms with E-state index in [-0.39, 0.29) is 30.2 Å². The molecule has 1 aliphatic heterocycles. The first-order chi connectivity index (χ1) is 12.1. The summed E-state index contributed by atoms with van der Waals surface area (Å²) in [6, 6.07) is 6.35. The Morgan fingerprint density at radius 3 is 2.44 bits per heavy atom. The molecule has 1 atom stereocenters. The number of ether oxygens (including phenoxy) is 1. The molecule has 1 aromatic rings. The predicted octanol–water partition coefficient (Wildman–Crippen LogP) is 2.51. The topological polar surface area (TPSA) is 66.9 Å². The summed E-state index contributed by atoms with van der Waals surface area (Å²) in [5.74, 6) is 0.115. The molecule has 6 heteroatoms. The van der Waals surface area contributed by atoms with E-state index in [2.05, 4.69) is 0 Å². The monoisotopic (exact) mass is 344 g/mol. The second-order valence-corrected chi connectivity index (χ2v) is 6.50. The number of hydrogen-bond acceptors (Lipinski definition) is 4.